The number of carbonyl (C=O) groups excluding carboxylic acids is 1. The van der Waals surface area contributed by atoms with Crippen molar-refractivity contribution in [2.45, 2.75) is 25.0 Å². The number of piperidine rings is 1. The Kier molecular flexibility index (Phi) is 7.72. The van der Waals surface area contributed by atoms with Crippen molar-refractivity contribution in [3.63, 3.8) is 0 Å². The highest BCUT2D eigenvalue weighted by Crippen LogP contribution is 2.23. The predicted molar refractivity (Wildman–Crippen MR) is 124 cm³/mol. The summed E-state index contributed by atoms with van der Waals surface area (Å²) in [5.41, 5.74) is 3.48. The number of hydrazine groups is 1. The van der Waals surface area contributed by atoms with Crippen molar-refractivity contribution >= 4 is 40.1 Å². The molecule has 2 aromatic carbocycles. The van der Waals surface area contributed by atoms with E-state index >= 15 is 0 Å². The second kappa shape index (κ2) is 10.7. The molecule has 0 bridgehead atoms. The van der Waals surface area contributed by atoms with Crippen LogP contribution in [0.3, 0.4) is 0 Å². The molecule has 1 aliphatic rings. The Morgan fingerprint density at radius 2 is 2.00 bits per heavy atom. The van der Waals surface area contributed by atoms with Crippen molar-refractivity contribution in [3.8, 4) is 5.75 Å². The molecule has 3 N–H and O–H groups in total. The van der Waals surface area contributed by atoms with Crippen LogP contribution in [0.1, 0.15) is 23.4 Å². The minimum Gasteiger partial charge on any atom is -0.491 e. The van der Waals surface area contributed by atoms with Crippen LogP contribution in [-0.4, -0.2) is 54.4 Å². The lowest BCUT2D eigenvalue weighted by molar-refractivity contribution is 0.0674. The van der Waals surface area contributed by atoms with Crippen LogP contribution >= 0.6 is 23.2 Å². The molecule has 1 saturated heterocycles. The standard InChI is InChI=1S/C23H24Cl2FN3O4/c24-15-1-4-21-14(9-15)10-22(33-21)23(31)28-29-7-5-16(6-8-29)27-12-17(30)13-32-18-2-3-19(25)20(26)11-18/h1-4,9-11,16-17,27,30H,5-8,12-13H2,(H,28,31). The van der Waals surface area contributed by atoms with Crippen LogP contribution < -0.4 is 15.5 Å². The van der Waals surface area contributed by atoms with E-state index in [2.05, 4.69) is 10.7 Å². The third-order valence-corrected chi connectivity index (χ3v) is 5.97. The predicted octanol–water partition coefficient (Wildman–Crippen LogP) is 4.02. The Morgan fingerprint density at radius 1 is 1.21 bits per heavy atom. The second-order valence-corrected chi connectivity index (χ2v) is 8.79. The highest BCUT2D eigenvalue weighted by molar-refractivity contribution is 6.31. The van der Waals surface area contributed by atoms with Gasteiger partial charge in [0.1, 0.15) is 29.9 Å². The van der Waals surface area contributed by atoms with Crippen molar-refractivity contribution in [1.29, 1.82) is 0 Å². The Morgan fingerprint density at radius 3 is 2.76 bits per heavy atom. The van der Waals surface area contributed by atoms with Gasteiger partial charge in [-0.05, 0) is 49.2 Å². The first-order valence-electron chi connectivity index (χ1n) is 10.6. The molecule has 10 heteroatoms. The minimum atomic E-state index is -0.747. The average Bonchev–Trinajstić information content (AvgIpc) is 3.23. The quantitative estimate of drug-likeness (QED) is 0.437. The molecule has 176 valence electrons. The SMILES string of the molecule is O=C(NN1CCC(NCC(O)COc2ccc(Cl)c(F)c2)CC1)c1cc2cc(Cl)ccc2o1. The molecule has 0 radical (unpaired) electrons. The van der Waals surface area contributed by atoms with Gasteiger partial charge in [-0.15, -0.1) is 0 Å². The first-order chi connectivity index (χ1) is 15.9. The Labute approximate surface area is 200 Å². The number of carbonyl (C=O) groups is 1. The summed E-state index contributed by atoms with van der Waals surface area (Å²) in [5, 5.41) is 16.7. The fraction of sp³-hybridized carbons (Fsp3) is 0.348. The number of fused-ring (bicyclic) bond motifs is 1. The lowest BCUT2D eigenvalue weighted by Gasteiger charge is -2.32. The number of hydrogen-bond donors (Lipinski definition) is 3. The summed E-state index contributed by atoms with van der Waals surface area (Å²) >= 11 is 11.6. The Hall–Kier alpha value is -2.36. The zero-order valence-corrected chi connectivity index (χ0v) is 19.2. The number of halogens is 3. The summed E-state index contributed by atoms with van der Waals surface area (Å²) in [4.78, 5) is 12.5. The van der Waals surface area contributed by atoms with E-state index in [-0.39, 0.29) is 29.3 Å². The van der Waals surface area contributed by atoms with Crippen LogP contribution in [0.25, 0.3) is 11.0 Å². The van der Waals surface area contributed by atoms with E-state index in [9.17, 15) is 14.3 Å². The molecule has 0 spiro atoms. The first-order valence-corrected chi connectivity index (χ1v) is 11.4. The number of ether oxygens (including phenoxy) is 1. The van der Waals surface area contributed by atoms with Crippen LogP contribution in [0, 0.1) is 5.82 Å². The van der Waals surface area contributed by atoms with Crippen molar-refractivity contribution in [2.75, 3.05) is 26.2 Å². The molecule has 4 rings (SSSR count). The van der Waals surface area contributed by atoms with Crippen molar-refractivity contribution in [1.82, 2.24) is 15.8 Å². The fourth-order valence-corrected chi connectivity index (χ4v) is 3.94. The van der Waals surface area contributed by atoms with Gasteiger partial charge in [-0.3, -0.25) is 10.2 Å². The monoisotopic (exact) mass is 495 g/mol. The molecule has 1 amide bonds. The summed E-state index contributed by atoms with van der Waals surface area (Å²) in [6.45, 7) is 1.69. The van der Waals surface area contributed by atoms with Gasteiger partial charge in [0.05, 0.1) is 5.02 Å². The second-order valence-electron chi connectivity index (χ2n) is 7.94. The molecule has 0 aliphatic carbocycles. The van der Waals surface area contributed by atoms with Gasteiger partial charge in [0.2, 0.25) is 0 Å². The third kappa shape index (κ3) is 6.37. The molecule has 1 unspecified atom stereocenters. The first kappa shape index (κ1) is 23.8. The highest BCUT2D eigenvalue weighted by Gasteiger charge is 2.22. The largest absolute Gasteiger partial charge is 0.491 e. The molecule has 1 fully saturated rings. The van der Waals surface area contributed by atoms with E-state index < -0.39 is 11.9 Å². The topological polar surface area (TPSA) is 87.0 Å². The number of nitrogens with one attached hydrogen (secondary N) is 2. The molecule has 3 aromatic rings. The summed E-state index contributed by atoms with van der Waals surface area (Å²) in [5.74, 6) is -0.325. The summed E-state index contributed by atoms with van der Waals surface area (Å²) in [6, 6.07) is 11.2. The molecule has 0 saturated carbocycles. The number of nitrogens with zero attached hydrogens (tertiary/aromatic N) is 1. The van der Waals surface area contributed by atoms with Gasteiger partial charge in [-0.2, -0.15) is 0 Å². The van der Waals surface area contributed by atoms with E-state index in [1.165, 1.54) is 12.1 Å². The summed E-state index contributed by atoms with van der Waals surface area (Å²) in [7, 11) is 0. The Bertz CT molecular complexity index is 1120. The van der Waals surface area contributed by atoms with Gasteiger partial charge < -0.3 is 19.6 Å². The lowest BCUT2D eigenvalue weighted by Crippen LogP contribution is -2.51. The normalized spacial score (nSPS) is 16.1. The van der Waals surface area contributed by atoms with Crippen LogP contribution in [-0.2, 0) is 0 Å². The highest BCUT2D eigenvalue weighted by atomic mass is 35.5. The van der Waals surface area contributed by atoms with Crippen molar-refractivity contribution < 1.29 is 23.4 Å². The average molecular weight is 496 g/mol. The van der Waals surface area contributed by atoms with Crippen LogP contribution in [0.15, 0.2) is 46.9 Å². The molecule has 1 atom stereocenters. The van der Waals surface area contributed by atoms with E-state index in [0.29, 0.717) is 36.0 Å². The van der Waals surface area contributed by atoms with E-state index in [0.717, 1.165) is 18.2 Å². The van der Waals surface area contributed by atoms with Gasteiger partial charge in [-0.25, -0.2) is 9.40 Å². The molecule has 1 aromatic heterocycles. The third-order valence-electron chi connectivity index (χ3n) is 5.43. The smallest absolute Gasteiger partial charge is 0.301 e. The minimum absolute atomic E-state index is 0.0228. The van der Waals surface area contributed by atoms with E-state index in [4.69, 9.17) is 32.4 Å². The lowest BCUT2D eigenvalue weighted by atomic mass is 10.1. The number of aliphatic hydroxyl groups excluding tert-OH is 1. The number of aliphatic hydroxyl groups is 1. The van der Waals surface area contributed by atoms with Crippen LogP contribution in [0.2, 0.25) is 10.0 Å². The van der Waals surface area contributed by atoms with Crippen LogP contribution in [0.5, 0.6) is 5.75 Å². The summed E-state index contributed by atoms with van der Waals surface area (Å²) in [6.07, 6.45) is 0.848. The molecule has 33 heavy (non-hydrogen) atoms. The Balaban J connectivity index is 1.17. The van der Waals surface area contributed by atoms with E-state index in [1.54, 1.807) is 30.3 Å². The number of rotatable bonds is 8. The zero-order chi connectivity index (χ0) is 23.4. The molecular weight excluding hydrogens is 472 g/mol. The number of benzene rings is 2. The van der Waals surface area contributed by atoms with Gasteiger partial charge in [-0.1, -0.05) is 23.2 Å². The zero-order valence-electron chi connectivity index (χ0n) is 17.7. The van der Waals surface area contributed by atoms with Gasteiger partial charge in [0, 0.05) is 42.2 Å². The fourth-order valence-electron chi connectivity index (χ4n) is 3.64. The number of amides is 1. The summed E-state index contributed by atoms with van der Waals surface area (Å²) < 4.78 is 24.5. The van der Waals surface area contributed by atoms with Gasteiger partial charge in [0.15, 0.2) is 5.76 Å². The van der Waals surface area contributed by atoms with Gasteiger partial charge >= 0.3 is 5.91 Å². The molecule has 7 nitrogen and oxygen atoms in total. The van der Waals surface area contributed by atoms with Gasteiger partial charge in [0.25, 0.3) is 0 Å². The number of hydrogen-bond acceptors (Lipinski definition) is 6. The number of furan rings is 1. The maximum absolute atomic E-state index is 13.4. The van der Waals surface area contributed by atoms with Crippen LogP contribution in [0.4, 0.5) is 4.39 Å². The maximum Gasteiger partial charge on any atom is 0.301 e. The molecule has 1 aliphatic heterocycles. The molecule has 2 heterocycles. The van der Waals surface area contributed by atoms with Crippen molar-refractivity contribution in [2.24, 2.45) is 0 Å². The van der Waals surface area contributed by atoms with E-state index in [1.807, 2.05) is 5.01 Å². The maximum atomic E-state index is 13.4. The molecular formula is C23H24Cl2FN3O4. The van der Waals surface area contributed by atoms with Crippen molar-refractivity contribution in [3.05, 3.63) is 64.1 Å².